The lowest BCUT2D eigenvalue weighted by Crippen LogP contribution is -2.37. The zero-order valence-electron chi connectivity index (χ0n) is 11.4. The van der Waals surface area contributed by atoms with Crippen LogP contribution in [-0.2, 0) is 6.54 Å². The first-order valence-corrected chi connectivity index (χ1v) is 6.60. The SMILES string of the molecule is CC(C)N(C)CCCCn1c(=O)[nH]c(Cl)c(F)c1=O. The van der Waals surface area contributed by atoms with Gasteiger partial charge in [0.2, 0.25) is 5.82 Å². The van der Waals surface area contributed by atoms with E-state index in [1.807, 2.05) is 7.05 Å². The van der Waals surface area contributed by atoms with Crippen LogP contribution >= 0.6 is 11.6 Å². The summed E-state index contributed by atoms with van der Waals surface area (Å²) in [5, 5.41) is -0.536. The van der Waals surface area contributed by atoms with Crippen LogP contribution in [-0.4, -0.2) is 34.1 Å². The summed E-state index contributed by atoms with van der Waals surface area (Å²) in [5.41, 5.74) is -1.64. The van der Waals surface area contributed by atoms with Gasteiger partial charge in [0.1, 0.15) is 0 Å². The van der Waals surface area contributed by atoms with Crippen LogP contribution in [0.2, 0.25) is 5.15 Å². The van der Waals surface area contributed by atoms with Gasteiger partial charge in [-0.2, -0.15) is 4.39 Å². The van der Waals surface area contributed by atoms with E-state index in [2.05, 4.69) is 23.7 Å². The molecule has 0 spiro atoms. The maximum atomic E-state index is 13.3. The van der Waals surface area contributed by atoms with Crippen LogP contribution in [0.25, 0.3) is 0 Å². The lowest BCUT2D eigenvalue weighted by Gasteiger charge is -2.20. The van der Waals surface area contributed by atoms with E-state index in [0.29, 0.717) is 12.5 Å². The molecule has 1 heterocycles. The molecular weight excluding hydrogens is 273 g/mol. The highest BCUT2D eigenvalue weighted by Crippen LogP contribution is 2.03. The smallest absolute Gasteiger partial charge is 0.304 e. The van der Waals surface area contributed by atoms with E-state index >= 15 is 0 Å². The van der Waals surface area contributed by atoms with Crippen LogP contribution in [0.5, 0.6) is 0 Å². The van der Waals surface area contributed by atoms with Gasteiger partial charge in [-0.25, -0.2) is 4.79 Å². The molecule has 5 nitrogen and oxygen atoms in total. The fourth-order valence-electron chi connectivity index (χ4n) is 1.61. The second kappa shape index (κ2) is 6.86. The molecular formula is C12H19ClFN3O2. The standard InChI is InChI=1S/C12H19ClFN3O2/c1-8(2)16(3)6-4-5-7-17-11(18)9(14)10(13)15-12(17)19/h8H,4-7H2,1-3H3,(H,15,19). The van der Waals surface area contributed by atoms with Gasteiger partial charge < -0.3 is 4.90 Å². The van der Waals surface area contributed by atoms with Gasteiger partial charge >= 0.3 is 5.69 Å². The number of halogens is 2. The number of unbranched alkanes of at least 4 members (excludes halogenated alkanes) is 1. The number of hydrogen-bond acceptors (Lipinski definition) is 3. The first kappa shape index (κ1) is 15.9. The summed E-state index contributed by atoms with van der Waals surface area (Å²) in [6.45, 7) is 5.22. The Morgan fingerprint density at radius 1 is 1.37 bits per heavy atom. The molecule has 0 bridgehead atoms. The minimum absolute atomic E-state index is 0.189. The summed E-state index contributed by atoms with van der Waals surface area (Å²) >= 11 is 5.38. The third kappa shape index (κ3) is 4.18. The second-order valence-corrected chi connectivity index (χ2v) is 5.17. The maximum Gasteiger partial charge on any atom is 0.329 e. The van der Waals surface area contributed by atoms with E-state index in [-0.39, 0.29) is 6.54 Å². The number of nitrogens with one attached hydrogen (secondary N) is 1. The Morgan fingerprint density at radius 3 is 2.58 bits per heavy atom. The minimum atomic E-state index is -1.11. The molecule has 1 N–H and O–H groups in total. The largest absolute Gasteiger partial charge is 0.329 e. The average Bonchev–Trinajstić information content (AvgIpc) is 2.34. The van der Waals surface area contributed by atoms with Crippen molar-refractivity contribution in [1.29, 1.82) is 0 Å². The van der Waals surface area contributed by atoms with Crippen molar-refractivity contribution >= 4 is 11.6 Å². The summed E-state index contributed by atoms with van der Waals surface area (Å²) in [6.07, 6.45) is 1.45. The number of aromatic nitrogens is 2. The predicted octanol–water partition coefficient (Wildman–Crippen LogP) is 1.45. The third-order valence-electron chi connectivity index (χ3n) is 3.11. The van der Waals surface area contributed by atoms with E-state index in [4.69, 9.17) is 11.6 Å². The summed E-state index contributed by atoms with van der Waals surface area (Å²) in [7, 11) is 2.01. The van der Waals surface area contributed by atoms with Crippen molar-refractivity contribution < 1.29 is 4.39 Å². The summed E-state index contributed by atoms with van der Waals surface area (Å²) in [5.74, 6) is -1.11. The summed E-state index contributed by atoms with van der Waals surface area (Å²) in [6, 6.07) is 0.444. The summed E-state index contributed by atoms with van der Waals surface area (Å²) in [4.78, 5) is 27.3. The molecule has 0 saturated heterocycles. The molecule has 0 amide bonds. The molecule has 108 valence electrons. The maximum absolute atomic E-state index is 13.3. The van der Waals surface area contributed by atoms with Crippen LogP contribution < -0.4 is 11.2 Å². The zero-order valence-corrected chi connectivity index (χ0v) is 12.1. The molecule has 0 radical (unpaired) electrons. The molecule has 1 rings (SSSR count). The molecule has 0 aromatic carbocycles. The topological polar surface area (TPSA) is 58.1 Å². The molecule has 0 aliphatic heterocycles. The van der Waals surface area contributed by atoms with Crippen molar-refractivity contribution in [2.24, 2.45) is 0 Å². The molecule has 7 heteroatoms. The second-order valence-electron chi connectivity index (χ2n) is 4.80. The van der Waals surface area contributed by atoms with Gasteiger partial charge in [0, 0.05) is 12.6 Å². The van der Waals surface area contributed by atoms with Gasteiger partial charge in [0.15, 0.2) is 5.15 Å². The van der Waals surface area contributed by atoms with Crippen molar-refractivity contribution in [2.75, 3.05) is 13.6 Å². The number of aromatic amines is 1. The Kier molecular flexibility index (Phi) is 5.75. The Balaban J connectivity index is 2.63. The van der Waals surface area contributed by atoms with E-state index in [0.717, 1.165) is 17.5 Å². The highest BCUT2D eigenvalue weighted by atomic mass is 35.5. The van der Waals surface area contributed by atoms with E-state index < -0.39 is 22.2 Å². The molecule has 0 aliphatic rings. The van der Waals surface area contributed by atoms with Crippen LogP contribution in [0.4, 0.5) is 4.39 Å². The lowest BCUT2D eigenvalue weighted by atomic mass is 10.2. The van der Waals surface area contributed by atoms with E-state index in [9.17, 15) is 14.0 Å². The molecule has 0 unspecified atom stereocenters. The zero-order chi connectivity index (χ0) is 14.6. The minimum Gasteiger partial charge on any atom is -0.304 e. The first-order valence-electron chi connectivity index (χ1n) is 6.23. The van der Waals surface area contributed by atoms with Gasteiger partial charge in [0.25, 0.3) is 5.56 Å². The number of nitrogens with zero attached hydrogens (tertiary/aromatic N) is 2. The van der Waals surface area contributed by atoms with Crippen molar-refractivity contribution in [3.63, 3.8) is 0 Å². The Bertz CT molecular complexity index is 539. The molecule has 19 heavy (non-hydrogen) atoms. The average molecular weight is 292 g/mol. The van der Waals surface area contributed by atoms with Gasteiger partial charge in [-0.3, -0.25) is 14.3 Å². The summed E-state index contributed by atoms with van der Waals surface area (Å²) < 4.78 is 14.1. The quantitative estimate of drug-likeness (QED) is 0.637. The van der Waals surface area contributed by atoms with Crippen molar-refractivity contribution in [3.8, 4) is 0 Å². The molecule has 0 fully saturated rings. The number of hydrogen-bond donors (Lipinski definition) is 1. The molecule has 1 aromatic heterocycles. The molecule has 1 aromatic rings. The van der Waals surface area contributed by atoms with Crippen molar-refractivity contribution in [3.05, 3.63) is 31.8 Å². The van der Waals surface area contributed by atoms with Gasteiger partial charge in [-0.1, -0.05) is 11.6 Å². The predicted molar refractivity (Wildman–Crippen MR) is 73.3 cm³/mol. The number of rotatable bonds is 6. The highest BCUT2D eigenvalue weighted by molar-refractivity contribution is 6.29. The highest BCUT2D eigenvalue weighted by Gasteiger charge is 2.11. The van der Waals surface area contributed by atoms with E-state index in [1.54, 1.807) is 0 Å². The third-order valence-corrected chi connectivity index (χ3v) is 3.37. The lowest BCUT2D eigenvalue weighted by molar-refractivity contribution is 0.266. The molecule has 0 aliphatic carbocycles. The van der Waals surface area contributed by atoms with Crippen LogP contribution in [0.15, 0.2) is 9.59 Å². The van der Waals surface area contributed by atoms with Crippen LogP contribution in [0.1, 0.15) is 26.7 Å². The number of H-pyrrole nitrogens is 1. The Hall–Kier alpha value is -1.14. The monoisotopic (exact) mass is 291 g/mol. The van der Waals surface area contributed by atoms with E-state index in [1.165, 1.54) is 0 Å². The fraction of sp³-hybridized carbons (Fsp3) is 0.667. The van der Waals surface area contributed by atoms with Gasteiger partial charge in [-0.15, -0.1) is 0 Å². The first-order chi connectivity index (χ1) is 8.84. The Morgan fingerprint density at radius 2 is 2.00 bits per heavy atom. The molecule has 0 atom stereocenters. The van der Waals surface area contributed by atoms with Crippen LogP contribution in [0, 0.1) is 5.82 Å². The molecule has 0 saturated carbocycles. The van der Waals surface area contributed by atoms with Crippen LogP contribution in [0.3, 0.4) is 0 Å². The van der Waals surface area contributed by atoms with Gasteiger partial charge in [0.05, 0.1) is 0 Å². The van der Waals surface area contributed by atoms with Gasteiger partial charge in [-0.05, 0) is 40.3 Å². The van der Waals surface area contributed by atoms with Crippen molar-refractivity contribution in [2.45, 2.75) is 39.3 Å². The Labute approximate surface area is 116 Å². The van der Waals surface area contributed by atoms with Crippen molar-refractivity contribution in [1.82, 2.24) is 14.5 Å². The fourth-order valence-corrected chi connectivity index (χ4v) is 1.77. The normalized spacial score (nSPS) is 11.5.